The first-order chi connectivity index (χ1) is 20.8. The highest BCUT2D eigenvalue weighted by Crippen LogP contribution is 2.64. The Morgan fingerprint density at radius 3 is 2.45 bits per heavy atom. The van der Waals surface area contributed by atoms with E-state index in [9.17, 15) is 35.4 Å². The molecule has 9 heteroatoms. The third kappa shape index (κ3) is 5.81. The molecule has 248 valence electrons. The third-order valence-electron chi connectivity index (χ3n) is 12.2. The molecule has 5 rings (SSSR count). The van der Waals surface area contributed by atoms with E-state index in [4.69, 9.17) is 9.47 Å². The van der Waals surface area contributed by atoms with E-state index in [-0.39, 0.29) is 46.9 Å². The van der Waals surface area contributed by atoms with Gasteiger partial charge < -0.3 is 40.1 Å². The van der Waals surface area contributed by atoms with E-state index >= 15 is 0 Å². The lowest BCUT2D eigenvalue weighted by Crippen LogP contribution is -2.60. The number of fused-ring (bicyclic) bond motifs is 5. The lowest BCUT2D eigenvalue weighted by atomic mass is 9.51. The van der Waals surface area contributed by atoms with E-state index in [1.54, 1.807) is 0 Å². The predicted octanol–water partition coefficient (Wildman–Crippen LogP) is 2.81. The first-order valence-corrected chi connectivity index (χ1v) is 16.7. The molecule has 5 aliphatic rings. The Bertz CT molecular complexity index is 1160. The van der Waals surface area contributed by atoms with Crippen molar-refractivity contribution in [3.05, 3.63) is 34.9 Å². The lowest BCUT2D eigenvalue weighted by molar-refractivity contribution is -0.314. The van der Waals surface area contributed by atoms with Crippen molar-refractivity contribution in [3.63, 3.8) is 0 Å². The van der Waals surface area contributed by atoms with Crippen molar-refractivity contribution in [2.24, 2.45) is 40.4 Å². The first-order valence-electron chi connectivity index (χ1n) is 16.7. The molecule has 0 aromatic carbocycles. The summed E-state index contributed by atoms with van der Waals surface area (Å²) < 4.78 is 11.7. The Morgan fingerprint density at radius 1 is 1.07 bits per heavy atom. The van der Waals surface area contributed by atoms with Crippen LogP contribution in [0.3, 0.4) is 0 Å². The average molecular weight is 619 g/mol. The van der Waals surface area contributed by atoms with Crippen LogP contribution in [0.25, 0.3) is 0 Å². The molecule has 4 aliphatic carbocycles. The van der Waals surface area contributed by atoms with Gasteiger partial charge in [-0.15, -0.1) is 0 Å². The van der Waals surface area contributed by atoms with Gasteiger partial charge in [0.05, 0.1) is 25.4 Å². The molecule has 44 heavy (non-hydrogen) atoms. The van der Waals surface area contributed by atoms with Gasteiger partial charge in [0.1, 0.15) is 24.4 Å². The van der Waals surface area contributed by atoms with Gasteiger partial charge in [-0.2, -0.15) is 0 Å². The molecule has 2 saturated carbocycles. The zero-order chi connectivity index (χ0) is 32.1. The zero-order valence-corrected chi connectivity index (χ0v) is 26.9. The second-order valence-corrected chi connectivity index (χ2v) is 15.0. The SMILES string of the molecule is CC(C)C(=CCO)CCC(C)C1C(O)CC2C3=CC(=O)C4CC(OC5OC(CO)C(O)C(O)C5O)CCC4(C)C3=CCC21C. The molecule has 13 atom stereocenters. The van der Waals surface area contributed by atoms with Gasteiger partial charge in [-0.1, -0.05) is 52.3 Å². The van der Waals surface area contributed by atoms with Gasteiger partial charge in [-0.05, 0) is 91.3 Å². The summed E-state index contributed by atoms with van der Waals surface area (Å²) in [6, 6.07) is 0. The summed E-state index contributed by atoms with van der Waals surface area (Å²) >= 11 is 0. The van der Waals surface area contributed by atoms with Crippen molar-refractivity contribution >= 4 is 5.78 Å². The van der Waals surface area contributed by atoms with Crippen molar-refractivity contribution in [2.75, 3.05) is 13.2 Å². The summed E-state index contributed by atoms with van der Waals surface area (Å²) in [5.74, 6) is 0.626. The third-order valence-corrected chi connectivity index (χ3v) is 12.2. The lowest BCUT2D eigenvalue weighted by Gasteiger charge is -2.53. The van der Waals surface area contributed by atoms with E-state index in [1.165, 1.54) is 11.1 Å². The van der Waals surface area contributed by atoms with E-state index in [1.807, 2.05) is 12.2 Å². The Balaban J connectivity index is 1.32. The summed E-state index contributed by atoms with van der Waals surface area (Å²) in [4.78, 5) is 13.8. The van der Waals surface area contributed by atoms with Crippen molar-refractivity contribution < 1.29 is 44.9 Å². The number of carbonyl (C=O) groups excluding carboxylic acids is 1. The van der Waals surface area contributed by atoms with Crippen molar-refractivity contribution in [3.8, 4) is 0 Å². The Morgan fingerprint density at radius 2 is 1.80 bits per heavy atom. The Labute approximate surface area is 261 Å². The maximum absolute atomic E-state index is 13.8. The monoisotopic (exact) mass is 618 g/mol. The van der Waals surface area contributed by atoms with Gasteiger partial charge in [0.15, 0.2) is 12.1 Å². The number of hydrogen-bond acceptors (Lipinski definition) is 9. The van der Waals surface area contributed by atoms with Gasteiger partial charge in [0.2, 0.25) is 0 Å². The standard InChI is InChI=1S/C35H54O9/c1-18(2)20(10-13-36)7-6-19(3)29-27(39)16-24-22-15-26(38)25-14-21(8-11-34(25,4)23(22)9-12-35(24,29)5)43-33-32(42)31(41)30(40)28(17-37)44-33/h9-10,15,18-19,21,24-25,27-33,36-37,39-42H,6-8,11-14,16-17H2,1-5H3. The molecule has 6 N–H and O–H groups in total. The topological polar surface area (TPSA) is 157 Å². The largest absolute Gasteiger partial charge is 0.394 e. The molecule has 0 bridgehead atoms. The van der Waals surface area contributed by atoms with Crippen molar-refractivity contribution in [2.45, 2.75) is 122 Å². The minimum absolute atomic E-state index is 0.0455. The number of hydrogen-bond donors (Lipinski definition) is 6. The average Bonchev–Trinajstić information content (AvgIpc) is 3.26. The minimum atomic E-state index is -1.51. The van der Waals surface area contributed by atoms with Crippen LogP contribution in [0.2, 0.25) is 0 Å². The molecule has 1 aliphatic heterocycles. The van der Waals surface area contributed by atoms with E-state index < -0.39 is 49.5 Å². The smallest absolute Gasteiger partial charge is 0.186 e. The fourth-order valence-electron chi connectivity index (χ4n) is 9.58. The van der Waals surface area contributed by atoms with Gasteiger partial charge in [0, 0.05) is 11.3 Å². The number of aliphatic hydroxyl groups is 6. The second kappa shape index (κ2) is 13.0. The molecule has 3 fully saturated rings. The molecule has 0 aromatic rings. The fourth-order valence-corrected chi connectivity index (χ4v) is 9.58. The van der Waals surface area contributed by atoms with E-state index in [2.05, 4.69) is 40.7 Å². The van der Waals surface area contributed by atoms with Gasteiger partial charge in [-0.25, -0.2) is 0 Å². The summed E-state index contributed by atoms with van der Waals surface area (Å²) in [5, 5.41) is 61.3. The van der Waals surface area contributed by atoms with Crippen LogP contribution in [0, 0.1) is 40.4 Å². The molecule has 9 nitrogen and oxygen atoms in total. The maximum Gasteiger partial charge on any atom is 0.186 e. The second-order valence-electron chi connectivity index (χ2n) is 15.0. The van der Waals surface area contributed by atoms with Crippen LogP contribution in [0.15, 0.2) is 34.9 Å². The van der Waals surface area contributed by atoms with Crippen LogP contribution in [0.4, 0.5) is 0 Å². The molecular formula is C35H54O9. The number of ketones is 1. The molecule has 0 amide bonds. The summed E-state index contributed by atoms with van der Waals surface area (Å²) in [7, 11) is 0. The maximum atomic E-state index is 13.8. The molecule has 0 aromatic heterocycles. The summed E-state index contributed by atoms with van der Waals surface area (Å²) in [6.45, 7) is 10.5. The van der Waals surface area contributed by atoms with E-state index in [0.717, 1.165) is 24.8 Å². The molecule has 1 heterocycles. The number of carbonyl (C=O) groups is 1. The van der Waals surface area contributed by atoms with Crippen LogP contribution < -0.4 is 0 Å². The zero-order valence-electron chi connectivity index (χ0n) is 26.9. The van der Waals surface area contributed by atoms with Crippen LogP contribution in [0.5, 0.6) is 0 Å². The van der Waals surface area contributed by atoms with Crippen molar-refractivity contribution in [1.29, 1.82) is 0 Å². The number of aliphatic hydroxyl groups excluding tert-OH is 6. The quantitative estimate of drug-likeness (QED) is 0.214. The number of allylic oxidation sites excluding steroid dienone is 5. The van der Waals surface area contributed by atoms with Crippen LogP contribution >= 0.6 is 0 Å². The Kier molecular flexibility index (Phi) is 10.0. The molecule has 0 spiro atoms. The first kappa shape index (κ1) is 33.9. The highest BCUT2D eigenvalue weighted by atomic mass is 16.7. The van der Waals surface area contributed by atoms with Crippen LogP contribution in [-0.2, 0) is 14.3 Å². The number of rotatable bonds is 9. The summed E-state index contributed by atoms with van der Waals surface area (Å²) in [5.41, 5.74) is 3.05. The van der Waals surface area contributed by atoms with Crippen LogP contribution in [0.1, 0.15) is 79.6 Å². The van der Waals surface area contributed by atoms with Gasteiger partial charge in [-0.3, -0.25) is 4.79 Å². The molecular weight excluding hydrogens is 564 g/mol. The normalized spacial score (nSPS) is 44.9. The molecule has 0 radical (unpaired) electrons. The minimum Gasteiger partial charge on any atom is -0.394 e. The predicted molar refractivity (Wildman–Crippen MR) is 164 cm³/mol. The fraction of sp³-hybridized carbons (Fsp3) is 0.800. The summed E-state index contributed by atoms with van der Waals surface area (Å²) in [6.07, 6.45) is 3.68. The van der Waals surface area contributed by atoms with E-state index in [0.29, 0.717) is 31.6 Å². The molecule has 1 saturated heterocycles. The Hall–Kier alpha value is -1.43. The number of ether oxygens (including phenoxy) is 2. The van der Waals surface area contributed by atoms with Crippen molar-refractivity contribution in [1.82, 2.24) is 0 Å². The highest BCUT2D eigenvalue weighted by Gasteiger charge is 2.60. The van der Waals surface area contributed by atoms with Gasteiger partial charge >= 0.3 is 0 Å². The van der Waals surface area contributed by atoms with Gasteiger partial charge in [0.25, 0.3) is 0 Å². The van der Waals surface area contributed by atoms with Crippen LogP contribution in [-0.4, -0.2) is 92.5 Å². The highest BCUT2D eigenvalue weighted by molar-refractivity contribution is 5.96. The molecule has 13 unspecified atom stereocenters.